The van der Waals surface area contributed by atoms with E-state index in [9.17, 15) is 9.90 Å². The second kappa shape index (κ2) is 6.82. The number of benzene rings is 1. The summed E-state index contributed by atoms with van der Waals surface area (Å²) < 4.78 is 0. The largest absolute Gasteiger partial charge is 0.387 e. The summed E-state index contributed by atoms with van der Waals surface area (Å²) in [5.41, 5.74) is 3.20. The summed E-state index contributed by atoms with van der Waals surface area (Å²) in [5, 5.41) is 11.1. The minimum absolute atomic E-state index is 0.0892. The van der Waals surface area contributed by atoms with Crippen molar-refractivity contribution in [3.63, 3.8) is 0 Å². The van der Waals surface area contributed by atoms with Crippen molar-refractivity contribution >= 4 is 5.91 Å². The first-order valence-corrected chi connectivity index (χ1v) is 9.27. The summed E-state index contributed by atoms with van der Waals surface area (Å²) in [4.78, 5) is 21.0. The molecular formula is C21H25N3O2. The van der Waals surface area contributed by atoms with Crippen LogP contribution in [0.5, 0.6) is 0 Å². The number of aliphatic hydroxyl groups is 1. The van der Waals surface area contributed by atoms with Crippen molar-refractivity contribution in [2.75, 3.05) is 26.2 Å². The monoisotopic (exact) mass is 351 g/mol. The quantitative estimate of drug-likeness (QED) is 0.919. The van der Waals surface area contributed by atoms with Crippen LogP contribution in [0.25, 0.3) is 0 Å². The van der Waals surface area contributed by atoms with Crippen molar-refractivity contribution in [3.8, 4) is 0 Å². The van der Waals surface area contributed by atoms with Crippen LogP contribution < -0.4 is 0 Å². The molecule has 1 atom stereocenters. The normalized spacial score (nSPS) is 23.1. The van der Waals surface area contributed by atoms with Crippen LogP contribution in [-0.2, 0) is 13.0 Å². The average molecular weight is 351 g/mol. The van der Waals surface area contributed by atoms with E-state index in [1.54, 1.807) is 11.0 Å². The van der Waals surface area contributed by atoms with Gasteiger partial charge in [0, 0.05) is 31.9 Å². The van der Waals surface area contributed by atoms with E-state index >= 15 is 0 Å². The Kier molecular flexibility index (Phi) is 4.51. The Labute approximate surface area is 154 Å². The SMILES string of the molecule is Cc1cccc(C(=O)N2CCC(O)(CN3CCc4ccccc4C3)C2)n1. The smallest absolute Gasteiger partial charge is 0.272 e. The maximum atomic E-state index is 12.7. The van der Waals surface area contributed by atoms with E-state index in [-0.39, 0.29) is 5.91 Å². The van der Waals surface area contributed by atoms with Gasteiger partial charge in [-0.1, -0.05) is 30.3 Å². The molecule has 26 heavy (non-hydrogen) atoms. The highest BCUT2D eigenvalue weighted by Gasteiger charge is 2.40. The lowest BCUT2D eigenvalue weighted by Crippen LogP contribution is -2.47. The molecule has 3 heterocycles. The van der Waals surface area contributed by atoms with Crippen LogP contribution in [0.4, 0.5) is 0 Å². The van der Waals surface area contributed by atoms with Gasteiger partial charge in [-0.05, 0) is 43.0 Å². The van der Waals surface area contributed by atoms with Crippen LogP contribution in [0.3, 0.4) is 0 Å². The zero-order valence-corrected chi connectivity index (χ0v) is 15.2. The molecule has 136 valence electrons. The molecule has 1 amide bonds. The van der Waals surface area contributed by atoms with Crippen LogP contribution in [-0.4, -0.2) is 57.6 Å². The fourth-order valence-electron chi connectivity index (χ4n) is 4.09. The highest BCUT2D eigenvalue weighted by Crippen LogP contribution is 2.26. The van der Waals surface area contributed by atoms with Gasteiger partial charge in [-0.3, -0.25) is 9.69 Å². The van der Waals surface area contributed by atoms with Crippen molar-refractivity contribution in [2.45, 2.75) is 31.9 Å². The molecule has 4 rings (SSSR count). The Hall–Kier alpha value is -2.24. The van der Waals surface area contributed by atoms with E-state index in [0.717, 1.165) is 25.2 Å². The van der Waals surface area contributed by atoms with Crippen molar-refractivity contribution in [1.29, 1.82) is 0 Å². The molecule has 1 N–H and O–H groups in total. The Morgan fingerprint density at radius 3 is 2.77 bits per heavy atom. The molecule has 1 unspecified atom stereocenters. The number of likely N-dealkylation sites (tertiary alicyclic amines) is 1. The Bertz CT molecular complexity index is 822. The third kappa shape index (κ3) is 3.50. The summed E-state index contributed by atoms with van der Waals surface area (Å²) in [6.07, 6.45) is 1.63. The molecule has 1 aromatic heterocycles. The van der Waals surface area contributed by atoms with Gasteiger partial charge >= 0.3 is 0 Å². The van der Waals surface area contributed by atoms with Crippen LogP contribution in [0.2, 0.25) is 0 Å². The van der Waals surface area contributed by atoms with E-state index in [0.29, 0.717) is 31.7 Å². The number of carbonyl (C=O) groups excluding carboxylic acids is 1. The lowest BCUT2D eigenvalue weighted by Gasteiger charge is -2.34. The van der Waals surface area contributed by atoms with Crippen molar-refractivity contribution in [1.82, 2.24) is 14.8 Å². The average Bonchev–Trinajstić information content (AvgIpc) is 3.03. The third-order valence-electron chi connectivity index (χ3n) is 5.45. The topological polar surface area (TPSA) is 56.7 Å². The number of fused-ring (bicyclic) bond motifs is 1. The lowest BCUT2D eigenvalue weighted by molar-refractivity contribution is 0.00799. The van der Waals surface area contributed by atoms with Gasteiger partial charge in [0.05, 0.1) is 12.1 Å². The zero-order chi connectivity index (χ0) is 18.1. The van der Waals surface area contributed by atoms with Gasteiger partial charge < -0.3 is 10.0 Å². The number of β-amino-alcohol motifs (C(OH)–C–C–N with tert-alkyl or cyclic N) is 1. The number of aryl methyl sites for hydroxylation is 1. The van der Waals surface area contributed by atoms with Crippen LogP contribution >= 0.6 is 0 Å². The molecular weight excluding hydrogens is 326 g/mol. The van der Waals surface area contributed by atoms with Crippen molar-refractivity contribution in [3.05, 3.63) is 65.0 Å². The van der Waals surface area contributed by atoms with Crippen LogP contribution in [0.15, 0.2) is 42.5 Å². The van der Waals surface area contributed by atoms with Crippen molar-refractivity contribution in [2.24, 2.45) is 0 Å². The number of hydrogen-bond donors (Lipinski definition) is 1. The van der Waals surface area contributed by atoms with E-state index in [4.69, 9.17) is 0 Å². The van der Waals surface area contributed by atoms with Crippen LogP contribution in [0.1, 0.15) is 33.7 Å². The molecule has 5 heteroatoms. The van der Waals surface area contributed by atoms with Gasteiger partial charge in [0.25, 0.3) is 5.91 Å². The predicted molar refractivity (Wildman–Crippen MR) is 99.9 cm³/mol. The number of hydrogen-bond acceptors (Lipinski definition) is 4. The highest BCUT2D eigenvalue weighted by molar-refractivity contribution is 5.92. The zero-order valence-electron chi connectivity index (χ0n) is 15.2. The summed E-state index contributed by atoms with van der Waals surface area (Å²) in [6.45, 7) is 5.26. The first-order valence-electron chi connectivity index (χ1n) is 9.27. The summed E-state index contributed by atoms with van der Waals surface area (Å²) in [7, 11) is 0. The van der Waals surface area contributed by atoms with Gasteiger partial charge in [-0.2, -0.15) is 0 Å². The number of amides is 1. The first kappa shape index (κ1) is 17.2. The maximum Gasteiger partial charge on any atom is 0.272 e. The van der Waals surface area contributed by atoms with Gasteiger partial charge in [-0.15, -0.1) is 0 Å². The molecule has 0 aliphatic carbocycles. The highest BCUT2D eigenvalue weighted by atomic mass is 16.3. The first-order chi connectivity index (χ1) is 12.5. The molecule has 0 bridgehead atoms. The molecule has 1 fully saturated rings. The van der Waals surface area contributed by atoms with E-state index < -0.39 is 5.60 Å². The predicted octanol–water partition coefficient (Wildman–Crippen LogP) is 2.03. The number of nitrogens with zero attached hydrogens (tertiary/aromatic N) is 3. The summed E-state index contributed by atoms with van der Waals surface area (Å²) in [5.74, 6) is -0.0892. The minimum atomic E-state index is -0.841. The number of carbonyl (C=O) groups is 1. The second-order valence-electron chi connectivity index (χ2n) is 7.59. The van der Waals surface area contributed by atoms with Crippen molar-refractivity contribution < 1.29 is 9.90 Å². The van der Waals surface area contributed by atoms with E-state index in [1.165, 1.54) is 11.1 Å². The van der Waals surface area contributed by atoms with E-state index in [2.05, 4.69) is 34.1 Å². The molecule has 0 spiro atoms. The molecule has 1 aromatic carbocycles. The molecule has 2 aliphatic heterocycles. The van der Waals surface area contributed by atoms with E-state index in [1.807, 2.05) is 19.1 Å². The Morgan fingerprint density at radius 2 is 1.96 bits per heavy atom. The maximum absolute atomic E-state index is 12.7. The van der Waals surface area contributed by atoms with Gasteiger partial charge in [0.2, 0.25) is 0 Å². The standard InChI is InChI=1S/C21H25N3O2/c1-16-5-4-8-19(22-16)20(25)24-12-10-21(26,15-24)14-23-11-9-17-6-2-3-7-18(17)13-23/h2-8,26H,9-15H2,1H3. The van der Waals surface area contributed by atoms with Crippen LogP contribution in [0, 0.1) is 6.92 Å². The van der Waals surface area contributed by atoms with Gasteiger partial charge in [0.15, 0.2) is 0 Å². The third-order valence-corrected chi connectivity index (χ3v) is 5.45. The molecule has 0 radical (unpaired) electrons. The Morgan fingerprint density at radius 1 is 1.15 bits per heavy atom. The fourth-order valence-corrected chi connectivity index (χ4v) is 4.09. The lowest BCUT2D eigenvalue weighted by atomic mass is 9.97. The number of rotatable bonds is 3. The molecule has 1 saturated heterocycles. The van der Waals surface area contributed by atoms with Gasteiger partial charge in [-0.25, -0.2) is 4.98 Å². The molecule has 2 aliphatic rings. The molecule has 2 aromatic rings. The minimum Gasteiger partial charge on any atom is -0.387 e. The number of aromatic nitrogens is 1. The second-order valence-corrected chi connectivity index (χ2v) is 7.59. The summed E-state index contributed by atoms with van der Waals surface area (Å²) in [6, 6.07) is 14.0. The van der Waals surface area contributed by atoms with Gasteiger partial charge in [0.1, 0.15) is 5.69 Å². The molecule has 0 saturated carbocycles. The summed E-state index contributed by atoms with van der Waals surface area (Å²) >= 11 is 0. The molecule has 5 nitrogen and oxygen atoms in total. The fraction of sp³-hybridized carbons (Fsp3) is 0.429. The Balaban J connectivity index is 1.40. The number of pyridine rings is 1.